The van der Waals surface area contributed by atoms with E-state index in [1.54, 1.807) is 49.5 Å². The Balaban J connectivity index is 1.95. The Hall–Kier alpha value is -2.03. The van der Waals surface area contributed by atoms with Crippen LogP contribution in [-0.2, 0) is 4.79 Å². The molecule has 0 radical (unpaired) electrons. The van der Waals surface area contributed by atoms with Crippen molar-refractivity contribution in [1.29, 1.82) is 5.26 Å². The van der Waals surface area contributed by atoms with Gasteiger partial charge in [0.2, 0.25) is 5.91 Å². The molecule has 0 aliphatic rings. The SMILES string of the molecule is CC(Sc1ccc(Cl)cn1)C(=O)Nc1ccc(C#N)cc1. The summed E-state index contributed by atoms with van der Waals surface area (Å²) < 4.78 is 0. The van der Waals surface area contributed by atoms with Gasteiger partial charge in [-0.25, -0.2) is 4.98 Å². The summed E-state index contributed by atoms with van der Waals surface area (Å²) in [6.45, 7) is 1.81. The first-order valence-corrected chi connectivity index (χ1v) is 7.43. The third kappa shape index (κ3) is 4.48. The van der Waals surface area contributed by atoms with Crippen LogP contribution in [0.5, 0.6) is 0 Å². The zero-order valence-corrected chi connectivity index (χ0v) is 12.8. The van der Waals surface area contributed by atoms with Gasteiger partial charge in [-0.3, -0.25) is 4.79 Å². The molecule has 0 bridgehead atoms. The highest BCUT2D eigenvalue weighted by Gasteiger charge is 2.15. The van der Waals surface area contributed by atoms with Gasteiger partial charge in [-0.2, -0.15) is 5.26 Å². The van der Waals surface area contributed by atoms with Gasteiger partial charge in [0.25, 0.3) is 0 Å². The van der Waals surface area contributed by atoms with Crippen molar-refractivity contribution in [3.8, 4) is 6.07 Å². The van der Waals surface area contributed by atoms with Gasteiger partial charge in [0.1, 0.15) is 0 Å². The fraction of sp³-hybridized carbons (Fsp3) is 0.133. The van der Waals surface area contributed by atoms with Crippen molar-refractivity contribution in [2.24, 2.45) is 0 Å². The molecule has 0 fully saturated rings. The third-order valence-electron chi connectivity index (χ3n) is 2.65. The van der Waals surface area contributed by atoms with E-state index in [0.717, 1.165) is 5.03 Å². The van der Waals surface area contributed by atoms with Gasteiger partial charge in [-0.05, 0) is 43.3 Å². The number of nitrogens with zero attached hydrogens (tertiary/aromatic N) is 2. The van der Waals surface area contributed by atoms with Gasteiger partial charge in [-0.1, -0.05) is 23.4 Å². The fourth-order valence-electron chi connectivity index (χ4n) is 1.54. The van der Waals surface area contributed by atoms with Gasteiger partial charge in [0, 0.05) is 11.9 Å². The number of hydrogen-bond donors (Lipinski definition) is 1. The highest BCUT2D eigenvalue weighted by molar-refractivity contribution is 8.00. The van der Waals surface area contributed by atoms with Crippen LogP contribution in [-0.4, -0.2) is 16.1 Å². The number of hydrogen-bond acceptors (Lipinski definition) is 4. The maximum Gasteiger partial charge on any atom is 0.237 e. The summed E-state index contributed by atoms with van der Waals surface area (Å²) in [5.74, 6) is -0.124. The predicted molar refractivity (Wildman–Crippen MR) is 84.4 cm³/mol. The van der Waals surface area contributed by atoms with E-state index in [1.165, 1.54) is 11.8 Å². The first kappa shape index (κ1) is 15.4. The number of aromatic nitrogens is 1. The molecule has 0 aliphatic carbocycles. The lowest BCUT2D eigenvalue weighted by atomic mass is 10.2. The number of benzene rings is 1. The smallest absolute Gasteiger partial charge is 0.237 e. The first-order valence-electron chi connectivity index (χ1n) is 6.18. The molecular weight excluding hydrogens is 306 g/mol. The van der Waals surface area contributed by atoms with Crippen LogP contribution in [0.4, 0.5) is 5.69 Å². The molecule has 106 valence electrons. The number of carbonyl (C=O) groups excluding carboxylic acids is 1. The summed E-state index contributed by atoms with van der Waals surface area (Å²) in [4.78, 5) is 16.2. The molecular formula is C15H12ClN3OS. The second-order valence-corrected chi connectivity index (χ2v) is 6.05. The Morgan fingerprint density at radius 1 is 1.33 bits per heavy atom. The molecule has 1 amide bonds. The molecule has 0 aliphatic heterocycles. The molecule has 6 heteroatoms. The normalized spacial score (nSPS) is 11.5. The van der Waals surface area contributed by atoms with E-state index in [4.69, 9.17) is 16.9 Å². The predicted octanol–water partition coefficient (Wildman–Crippen LogP) is 3.73. The molecule has 2 aromatic rings. The second kappa shape index (κ2) is 7.11. The number of rotatable bonds is 4. The Morgan fingerprint density at radius 3 is 2.62 bits per heavy atom. The average Bonchev–Trinajstić information content (AvgIpc) is 2.50. The van der Waals surface area contributed by atoms with E-state index < -0.39 is 0 Å². The van der Waals surface area contributed by atoms with Crippen LogP contribution in [0.15, 0.2) is 47.6 Å². The van der Waals surface area contributed by atoms with Gasteiger partial charge in [0.15, 0.2) is 0 Å². The summed E-state index contributed by atoms with van der Waals surface area (Å²) in [5.41, 5.74) is 1.22. The number of carbonyl (C=O) groups is 1. The van der Waals surface area contributed by atoms with E-state index in [2.05, 4.69) is 10.3 Å². The summed E-state index contributed by atoms with van der Waals surface area (Å²) in [7, 11) is 0. The van der Waals surface area contributed by atoms with Crippen LogP contribution in [0.25, 0.3) is 0 Å². The lowest BCUT2D eigenvalue weighted by Gasteiger charge is -2.11. The van der Waals surface area contributed by atoms with Crippen LogP contribution in [0.2, 0.25) is 5.02 Å². The number of nitrogens with one attached hydrogen (secondary N) is 1. The molecule has 0 saturated heterocycles. The van der Waals surface area contributed by atoms with Crippen LogP contribution in [0, 0.1) is 11.3 Å². The van der Waals surface area contributed by atoms with Crippen molar-refractivity contribution in [2.45, 2.75) is 17.2 Å². The van der Waals surface area contributed by atoms with Gasteiger partial charge >= 0.3 is 0 Å². The number of nitriles is 1. The fourth-order valence-corrected chi connectivity index (χ4v) is 2.44. The van der Waals surface area contributed by atoms with Crippen molar-refractivity contribution in [1.82, 2.24) is 4.98 Å². The minimum absolute atomic E-state index is 0.124. The van der Waals surface area contributed by atoms with Crippen LogP contribution < -0.4 is 5.32 Å². The van der Waals surface area contributed by atoms with E-state index >= 15 is 0 Å². The largest absolute Gasteiger partial charge is 0.325 e. The standard InChI is InChI=1S/C15H12ClN3OS/c1-10(21-14-7-4-12(16)9-18-14)15(20)19-13-5-2-11(8-17)3-6-13/h2-7,9-10H,1H3,(H,19,20). The monoisotopic (exact) mass is 317 g/mol. The number of amides is 1. The second-order valence-electron chi connectivity index (χ2n) is 4.25. The Kier molecular flexibility index (Phi) is 5.20. The maximum atomic E-state index is 12.1. The Bertz CT molecular complexity index is 665. The minimum Gasteiger partial charge on any atom is -0.325 e. The molecule has 0 saturated carbocycles. The number of pyridine rings is 1. The van der Waals surface area contributed by atoms with Crippen LogP contribution in [0.1, 0.15) is 12.5 Å². The average molecular weight is 318 g/mol. The van der Waals surface area contributed by atoms with E-state index in [9.17, 15) is 4.79 Å². The third-order valence-corrected chi connectivity index (χ3v) is 3.92. The summed E-state index contributed by atoms with van der Waals surface area (Å²) >= 11 is 7.12. The summed E-state index contributed by atoms with van der Waals surface area (Å²) in [6.07, 6.45) is 1.55. The highest BCUT2D eigenvalue weighted by Crippen LogP contribution is 2.23. The molecule has 1 heterocycles. The number of thioether (sulfide) groups is 1. The summed E-state index contributed by atoms with van der Waals surface area (Å²) in [5, 5.41) is 12.5. The number of halogens is 1. The molecule has 4 nitrogen and oxygen atoms in total. The lowest BCUT2D eigenvalue weighted by molar-refractivity contribution is -0.115. The molecule has 21 heavy (non-hydrogen) atoms. The Labute approximate surface area is 132 Å². The van der Waals surface area contributed by atoms with Crippen molar-refractivity contribution >= 4 is 35.0 Å². The molecule has 1 aromatic heterocycles. The van der Waals surface area contributed by atoms with Gasteiger partial charge in [0.05, 0.1) is 26.9 Å². The number of anilines is 1. The minimum atomic E-state index is -0.297. The molecule has 2 rings (SSSR count). The van der Waals surface area contributed by atoms with Crippen molar-refractivity contribution in [3.63, 3.8) is 0 Å². The van der Waals surface area contributed by atoms with E-state index in [1.807, 2.05) is 6.07 Å². The summed E-state index contributed by atoms with van der Waals surface area (Å²) in [6, 6.07) is 12.3. The zero-order chi connectivity index (χ0) is 15.2. The maximum absolute atomic E-state index is 12.1. The molecule has 1 N–H and O–H groups in total. The van der Waals surface area contributed by atoms with Gasteiger partial charge in [-0.15, -0.1) is 0 Å². The zero-order valence-electron chi connectivity index (χ0n) is 11.2. The molecule has 1 atom stereocenters. The molecule has 1 aromatic carbocycles. The van der Waals surface area contributed by atoms with Crippen molar-refractivity contribution < 1.29 is 4.79 Å². The van der Waals surface area contributed by atoms with Crippen LogP contribution >= 0.6 is 23.4 Å². The van der Waals surface area contributed by atoms with Crippen LogP contribution in [0.3, 0.4) is 0 Å². The van der Waals surface area contributed by atoms with E-state index in [0.29, 0.717) is 16.3 Å². The van der Waals surface area contributed by atoms with E-state index in [-0.39, 0.29) is 11.2 Å². The first-order chi connectivity index (χ1) is 10.1. The topological polar surface area (TPSA) is 65.8 Å². The highest BCUT2D eigenvalue weighted by atomic mass is 35.5. The Morgan fingerprint density at radius 2 is 2.05 bits per heavy atom. The van der Waals surface area contributed by atoms with Crippen molar-refractivity contribution in [2.75, 3.05) is 5.32 Å². The van der Waals surface area contributed by atoms with Crippen molar-refractivity contribution in [3.05, 3.63) is 53.2 Å². The quantitative estimate of drug-likeness (QED) is 0.873. The molecule has 0 spiro atoms. The lowest BCUT2D eigenvalue weighted by Crippen LogP contribution is -2.22. The van der Waals surface area contributed by atoms with Gasteiger partial charge < -0.3 is 5.32 Å². The molecule has 1 unspecified atom stereocenters.